The predicted octanol–water partition coefficient (Wildman–Crippen LogP) is 1.70. The van der Waals surface area contributed by atoms with Gasteiger partial charge >= 0.3 is 5.97 Å². The number of likely N-dealkylation sites (tertiary alicyclic amines) is 1. The van der Waals surface area contributed by atoms with Crippen LogP contribution in [-0.2, 0) is 4.79 Å². The maximum atomic E-state index is 10.9. The first-order valence-electron chi connectivity index (χ1n) is 7.30. The average Bonchev–Trinajstić information content (AvgIpc) is 2.78. The molecular weight excluding hydrogens is 228 g/mol. The van der Waals surface area contributed by atoms with Gasteiger partial charge in [0, 0.05) is 12.1 Å². The van der Waals surface area contributed by atoms with Gasteiger partial charge in [-0.1, -0.05) is 6.42 Å². The molecule has 3 atom stereocenters. The second-order valence-electron chi connectivity index (χ2n) is 6.12. The molecule has 2 rings (SSSR count). The molecule has 104 valence electrons. The van der Waals surface area contributed by atoms with Crippen molar-refractivity contribution in [2.24, 2.45) is 5.92 Å². The zero-order valence-corrected chi connectivity index (χ0v) is 11.6. The SMILES string of the molecule is CC(C)N1CCCCC1CC1CNC(C(=O)O)C1. The van der Waals surface area contributed by atoms with Gasteiger partial charge in [-0.2, -0.15) is 0 Å². The van der Waals surface area contributed by atoms with Crippen molar-refractivity contribution in [1.82, 2.24) is 10.2 Å². The van der Waals surface area contributed by atoms with Crippen LogP contribution in [-0.4, -0.2) is 47.2 Å². The van der Waals surface area contributed by atoms with Crippen LogP contribution in [0.25, 0.3) is 0 Å². The Morgan fingerprint density at radius 1 is 1.44 bits per heavy atom. The van der Waals surface area contributed by atoms with Crippen LogP contribution >= 0.6 is 0 Å². The molecule has 4 nitrogen and oxygen atoms in total. The number of nitrogens with one attached hydrogen (secondary N) is 1. The Kier molecular flexibility index (Phi) is 4.62. The lowest BCUT2D eigenvalue weighted by Crippen LogP contribution is -2.44. The summed E-state index contributed by atoms with van der Waals surface area (Å²) in [6.45, 7) is 6.63. The van der Waals surface area contributed by atoms with Crippen LogP contribution in [0.4, 0.5) is 0 Å². The van der Waals surface area contributed by atoms with E-state index < -0.39 is 5.97 Å². The molecule has 0 amide bonds. The molecule has 0 aliphatic carbocycles. The fourth-order valence-electron chi connectivity index (χ4n) is 3.52. The monoisotopic (exact) mass is 254 g/mol. The molecular formula is C14H26N2O2. The van der Waals surface area contributed by atoms with Crippen molar-refractivity contribution < 1.29 is 9.90 Å². The van der Waals surface area contributed by atoms with Crippen molar-refractivity contribution in [2.75, 3.05) is 13.1 Å². The summed E-state index contributed by atoms with van der Waals surface area (Å²) < 4.78 is 0. The summed E-state index contributed by atoms with van der Waals surface area (Å²) in [6, 6.07) is 0.962. The third kappa shape index (κ3) is 3.23. The third-order valence-corrected chi connectivity index (χ3v) is 4.46. The van der Waals surface area contributed by atoms with E-state index in [0.29, 0.717) is 18.0 Å². The van der Waals surface area contributed by atoms with Crippen molar-refractivity contribution >= 4 is 5.97 Å². The molecule has 0 radical (unpaired) electrons. The number of carbonyl (C=O) groups is 1. The van der Waals surface area contributed by atoms with E-state index in [2.05, 4.69) is 24.1 Å². The highest BCUT2D eigenvalue weighted by Gasteiger charge is 2.33. The molecule has 4 heteroatoms. The van der Waals surface area contributed by atoms with E-state index in [1.54, 1.807) is 0 Å². The van der Waals surface area contributed by atoms with Gasteiger partial charge in [-0.15, -0.1) is 0 Å². The van der Waals surface area contributed by atoms with Crippen LogP contribution in [0.5, 0.6) is 0 Å². The summed E-state index contributed by atoms with van der Waals surface area (Å²) in [5, 5.41) is 12.1. The van der Waals surface area contributed by atoms with Gasteiger partial charge in [-0.25, -0.2) is 0 Å². The first kappa shape index (κ1) is 13.8. The molecule has 2 N–H and O–H groups in total. The van der Waals surface area contributed by atoms with Gasteiger partial charge in [0.25, 0.3) is 0 Å². The summed E-state index contributed by atoms with van der Waals surface area (Å²) in [4.78, 5) is 13.5. The van der Waals surface area contributed by atoms with Crippen LogP contribution in [0.15, 0.2) is 0 Å². The van der Waals surface area contributed by atoms with Crippen LogP contribution in [0.2, 0.25) is 0 Å². The molecule has 0 spiro atoms. The zero-order valence-electron chi connectivity index (χ0n) is 11.6. The van der Waals surface area contributed by atoms with Gasteiger partial charge < -0.3 is 10.4 Å². The van der Waals surface area contributed by atoms with Gasteiger partial charge in [0.1, 0.15) is 6.04 Å². The standard InChI is InChI=1S/C14H26N2O2/c1-10(2)16-6-4-3-5-12(16)7-11-8-13(14(17)18)15-9-11/h10-13,15H,3-9H2,1-2H3,(H,17,18). The maximum Gasteiger partial charge on any atom is 0.320 e. The number of rotatable bonds is 4. The zero-order chi connectivity index (χ0) is 13.1. The van der Waals surface area contributed by atoms with E-state index in [0.717, 1.165) is 19.4 Å². The normalized spacial score (nSPS) is 34.1. The molecule has 0 aromatic heterocycles. The topological polar surface area (TPSA) is 52.6 Å². The van der Waals surface area contributed by atoms with E-state index >= 15 is 0 Å². The number of carboxylic acids is 1. The minimum atomic E-state index is -0.693. The van der Waals surface area contributed by atoms with Crippen molar-refractivity contribution in [3.8, 4) is 0 Å². The van der Waals surface area contributed by atoms with Crippen LogP contribution < -0.4 is 5.32 Å². The lowest BCUT2D eigenvalue weighted by atomic mass is 9.90. The minimum Gasteiger partial charge on any atom is -0.480 e. The van der Waals surface area contributed by atoms with E-state index in [-0.39, 0.29) is 6.04 Å². The van der Waals surface area contributed by atoms with Gasteiger partial charge in [-0.05, 0) is 58.5 Å². The molecule has 3 unspecified atom stereocenters. The van der Waals surface area contributed by atoms with E-state index in [1.807, 2.05) is 0 Å². The number of nitrogens with zero attached hydrogens (tertiary/aromatic N) is 1. The van der Waals surface area contributed by atoms with Crippen LogP contribution in [0.1, 0.15) is 46.0 Å². The number of piperidine rings is 1. The molecule has 0 bridgehead atoms. The number of carboxylic acid groups (broad SMARTS) is 1. The molecule has 0 aromatic rings. The fourth-order valence-corrected chi connectivity index (χ4v) is 3.52. The average molecular weight is 254 g/mol. The Bertz CT molecular complexity index is 294. The van der Waals surface area contributed by atoms with Crippen molar-refractivity contribution in [3.63, 3.8) is 0 Å². The Morgan fingerprint density at radius 3 is 2.83 bits per heavy atom. The highest BCUT2D eigenvalue weighted by molar-refractivity contribution is 5.73. The summed E-state index contributed by atoms with van der Waals surface area (Å²) in [6.07, 6.45) is 5.89. The molecule has 0 aromatic carbocycles. The van der Waals surface area contributed by atoms with Crippen LogP contribution in [0.3, 0.4) is 0 Å². The van der Waals surface area contributed by atoms with Gasteiger partial charge in [-0.3, -0.25) is 9.69 Å². The molecule has 2 heterocycles. The van der Waals surface area contributed by atoms with Gasteiger partial charge in [0.2, 0.25) is 0 Å². The Hall–Kier alpha value is -0.610. The lowest BCUT2D eigenvalue weighted by Gasteiger charge is -2.39. The van der Waals surface area contributed by atoms with Crippen LogP contribution in [0, 0.1) is 5.92 Å². The first-order chi connectivity index (χ1) is 8.58. The third-order valence-electron chi connectivity index (χ3n) is 4.46. The summed E-state index contributed by atoms with van der Waals surface area (Å²) >= 11 is 0. The highest BCUT2D eigenvalue weighted by atomic mass is 16.4. The number of hydrogen-bond acceptors (Lipinski definition) is 3. The molecule has 2 saturated heterocycles. The molecule has 0 saturated carbocycles. The second kappa shape index (κ2) is 6.02. The Morgan fingerprint density at radius 2 is 2.22 bits per heavy atom. The molecule has 2 fully saturated rings. The van der Waals surface area contributed by atoms with Gasteiger partial charge in [0.05, 0.1) is 0 Å². The molecule has 2 aliphatic rings. The predicted molar refractivity (Wildman–Crippen MR) is 71.6 cm³/mol. The van der Waals surface area contributed by atoms with E-state index in [9.17, 15) is 4.79 Å². The fraction of sp³-hybridized carbons (Fsp3) is 0.929. The number of hydrogen-bond donors (Lipinski definition) is 2. The minimum absolute atomic E-state index is 0.314. The largest absolute Gasteiger partial charge is 0.480 e. The number of aliphatic carboxylic acids is 1. The summed E-state index contributed by atoms with van der Waals surface area (Å²) in [5.41, 5.74) is 0. The Balaban J connectivity index is 1.86. The lowest BCUT2D eigenvalue weighted by molar-refractivity contribution is -0.139. The van der Waals surface area contributed by atoms with E-state index in [4.69, 9.17) is 5.11 Å². The van der Waals surface area contributed by atoms with Crippen molar-refractivity contribution in [1.29, 1.82) is 0 Å². The molecule has 2 aliphatic heterocycles. The second-order valence-corrected chi connectivity index (χ2v) is 6.12. The quantitative estimate of drug-likeness (QED) is 0.802. The summed E-state index contributed by atoms with van der Waals surface area (Å²) in [7, 11) is 0. The smallest absolute Gasteiger partial charge is 0.320 e. The highest BCUT2D eigenvalue weighted by Crippen LogP contribution is 2.28. The van der Waals surface area contributed by atoms with Crippen molar-refractivity contribution in [3.05, 3.63) is 0 Å². The van der Waals surface area contributed by atoms with Crippen molar-refractivity contribution in [2.45, 2.75) is 64.1 Å². The van der Waals surface area contributed by atoms with Gasteiger partial charge in [0.15, 0.2) is 0 Å². The first-order valence-corrected chi connectivity index (χ1v) is 7.30. The summed E-state index contributed by atoms with van der Waals surface area (Å²) in [5.74, 6) is -0.155. The van der Waals surface area contributed by atoms with E-state index in [1.165, 1.54) is 25.8 Å². The molecule has 18 heavy (non-hydrogen) atoms. The Labute approximate surface area is 110 Å². The maximum absolute atomic E-state index is 10.9.